The van der Waals surface area contributed by atoms with Crippen molar-refractivity contribution in [2.24, 2.45) is 0 Å². The summed E-state index contributed by atoms with van der Waals surface area (Å²) in [7, 11) is 0. The van der Waals surface area contributed by atoms with Crippen LogP contribution in [0.15, 0.2) is 42.5 Å². The molecule has 7 heteroatoms. The zero-order valence-electron chi connectivity index (χ0n) is 12.9. The topological polar surface area (TPSA) is 49.3 Å². The molecular formula is C17H15F4NO2. The van der Waals surface area contributed by atoms with Crippen molar-refractivity contribution in [3.63, 3.8) is 0 Å². The summed E-state index contributed by atoms with van der Waals surface area (Å²) >= 11 is 0. The van der Waals surface area contributed by atoms with Crippen LogP contribution in [-0.2, 0) is 5.60 Å². The second kappa shape index (κ2) is 6.24. The number of carbonyl (C=O) groups excluding carboxylic acids is 1. The molecule has 128 valence electrons. The van der Waals surface area contributed by atoms with Crippen molar-refractivity contribution < 1.29 is 27.5 Å². The first-order valence-electron chi connectivity index (χ1n) is 6.99. The van der Waals surface area contributed by atoms with Crippen LogP contribution >= 0.6 is 0 Å². The average Bonchev–Trinajstić information content (AvgIpc) is 2.46. The van der Waals surface area contributed by atoms with Crippen LogP contribution in [-0.4, -0.2) is 17.2 Å². The smallest absolute Gasteiger partial charge is 0.376 e. The number of nitrogens with one attached hydrogen (secondary N) is 1. The van der Waals surface area contributed by atoms with E-state index in [1.54, 1.807) is 6.92 Å². The first-order chi connectivity index (χ1) is 11.0. The minimum Gasteiger partial charge on any atom is -0.376 e. The summed E-state index contributed by atoms with van der Waals surface area (Å²) in [6.45, 7) is 2.23. The molecule has 2 aromatic rings. The third kappa shape index (κ3) is 3.56. The van der Waals surface area contributed by atoms with Crippen LogP contribution in [0, 0.1) is 12.7 Å². The monoisotopic (exact) mass is 341 g/mol. The van der Waals surface area contributed by atoms with Gasteiger partial charge in [-0.25, -0.2) is 4.39 Å². The largest absolute Gasteiger partial charge is 0.421 e. The molecule has 0 aliphatic carbocycles. The van der Waals surface area contributed by atoms with Crippen LogP contribution < -0.4 is 5.32 Å². The van der Waals surface area contributed by atoms with E-state index in [2.05, 4.69) is 5.32 Å². The molecule has 2 N–H and O–H groups in total. The fraction of sp³-hybridized carbons (Fsp3) is 0.235. The fourth-order valence-electron chi connectivity index (χ4n) is 2.12. The molecular weight excluding hydrogens is 326 g/mol. The molecule has 0 aliphatic rings. The fourth-order valence-corrected chi connectivity index (χ4v) is 2.12. The van der Waals surface area contributed by atoms with Crippen molar-refractivity contribution in [1.82, 2.24) is 0 Å². The van der Waals surface area contributed by atoms with Crippen LogP contribution in [0.4, 0.5) is 23.2 Å². The normalized spacial score (nSPS) is 14.1. The number of amides is 1. The van der Waals surface area contributed by atoms with E-state index in [1.807, 2.05) is 0 Å². The number of rotatable bonds is 3. The maximum Gasteiger partial charge on any atom is 0.421 e. The Morgan fingerprint density at radius 3 is 2.17 bits per heavy atom. The second-order valence-electron chi connectivity index (χ2n) is 5.56. The van der Waals surface area contributed by atoms with Gasteiger partial charge in [0.1, 0.15) is 5.82 Å². The van der Waals surface area contributed by atoms with Gasteiger partial charge in [-0.15, -0.1) is 0 Å². The Kier molecular flexibility index (Phi) is 4.66. The molecule has 1 unspecified atom stereocenters. The number of hydrogen-bond acceptors (Lipinski definition) is 2. The highest BCUT2D eigenvalue weighted by molar-refractivity contribution is 6.05. The van der Waals surface area contributed by atoms with E-state index in [9.17, 15) is 27.5 Å². The molecule has 0 fully saturated rings. The molecule has 0 aliphatic heterocycles. The summed E-state index contributed by atoms with van der Waals surface area (Å²) in [6.07, 6.45) is -4.82. The highest BCUT2D eigenvalue weighted by atomic mass is 19.4. The summed E-state index contributed by atoms with van der Waals surface area (Å²) in [5, 5.41) is 12.1. The van der Waals surface area contributed by atoms with Gasteiger partial charge in [0, 0.05) is 11.3 Å². The highest BCUT2D eigenvalue weighted by Gasteiger charge is 2.51. The summed E-state index contributed by atoms with van der Waals surface area (Å²) < 4.78 is 51.4. The van der Waals surface area contributed by atoms with Gasteiger partial charge in [0.2, 0.25) is 0 Å². The second-order valence-corrected chi connectivity index (χ2v) is 5.56. The molecule has 2 rings (SSSR count). The highest BCUT2D eigenvalue weighted by Crippen LogP contribution is 2.38. The van der Waals surface area contributed by atoms with Crippen LogP contribution in [0.2, 0.25) is 0 Å². The van der Waals surface area contributed by atoms with E-state index in [0.717, 1.165) is 18.2 Å². The molecule has 0 saturated carbocycles. The molecule has 0 heterocycles. The van der Waals surface area contributed by atoms with Crippen LogP contribution in [0.5, 0.6) is 0 Å². The lowest BCUT2D eigenvalue weighted by molar-refractivity contribution is -0.258. The lowest BCUT2D eigenvalue weighted by Crippen LogP contribution is -2.39. The molecule has 2 aromatic carbocycles. The van der Waals surface area contributed by atoms with Gasteiger partial charge in [0.25, 0.3) is 5.91 Å². The van der Waals surface area contributed by atoms with E-state index < -0.39 is 23.5 Å². The van der Waals surface area contributed by atoms with Crippen molar-refractivity contribution in [1.29, 1.82) is 0 Å². The summed E-state index contributed by atoms with van der Waals surface area (Å²) in [4.78, 5) is 12.1. The van der Waals surface area contributed by atoms with Crippen LogP contribution in [0.25, 0.3) is 0 Å². The first-order valence-corrected chi connectivity index (χ1v) is 6.99. The average molecular weight is 341 g/mol. The third-order valence-corrected chi connectivity index (χ3v) is 3.69. The number of carbonyl (C=O) groups is 1. The van der Waals surface area contributed by atoms with Crippen molar-refractivity contribution in [3.05, 3.63) is 65.0 Å². The molecule has 0 saturated heterocycles. The van der Waals surface area contributed by atoms with Gasteiger partial charge in [0.05, 0.1) is 0 Å². The van der Waals surface area contributed by atoms with Gasteiger partial charge in [-0.3, -0.25) is 4.79 Å². The van der Waals surface area contributed by atoms with Crippen LogP contribution in [0.1, 0.15) is 28.4 Å². The van der Waals surface area contributed by atoms with E-state index in [-0.39, 0.29) is 16.8 Å². The van der Waals surface area contributed by atoms with Crippen molar-refractivity contribution in [3.8, 4) is 0 Å². The minimum absolute atomic E-state index is 0.253. The molecule has 24 heavy (non-hydrogen) atoms. The Hall–Kier alpha value is -2.41. The summed E-state index contributed by atoms with van der Waals surface area (Å²) in [6, 6.07) is 8.35. The number of anilines is 1. The Morgan fingerprint density at radius 2 is 1.67 bits per heavy atom. The van der Waals surface area contributed by atoms with Gasteiger partial charge in [-0.2, -0.15) is 13.2 Å². The van der Waals surface area contributed by atoms with E-state index in [4.69, 9.17) is 0 Å². The predicted molar refractivity (Wildman–Crippen MR) is 81.2 cm³/mol. The standard InChI is InChI=1S/C17H15F4NO2/c1-10-9-12(18)5-8-14(10)15(23)22-13-6-3-11(4-7-13)16(2,24)17(19,20)21/h3-9,24H,1-2H3,(H,22,23). The van der Waals surface area contributed by atoms with Crippen molar-refractivity contribution >= 4 is 11.6 Å². The predicted octanol–water partition coefficient (Wildman–Crippen LogP) is 4.16. The molecule has 0 radical (unpaired) electrons. The number of aliphatic hydroxyl groups is 1. The number of halogens is 4. The number of alkyl halides is 3. The molecule has 0 bridgehead atoms. The van der Waals surface area contributed by atoms with Crippen molar-refractivity contribution in [2.75, 3.05) is 5.32 Å². The SMILES string of the molecule is Cc1cc(F)ccc1C(=O)Nc1ccc(C(C)(O)C(F)(F)F)cc1. The summed E-state index contributed by atoms with van der Waals surface area (Å²) in [5.74, 6) is -0.981. The number of hydrogen-bond donors (Lipinski definition) is 2. The quantitative estimate of drug-likeness (QED) is 0.824. The van der Waals surface area contributed by atoms with Gasteiger partial charge >= 0.3 is 6.18 Å². The lowest BCUT2D eigenvalue weighted by atomic mass is 9.95. The van der Waals surface area contributed by atoms with Gasteiger partial charge in [0.15, 0.2) is 5.60 Å². The molecule has 1 amide bonds. The Morgan fingerprint density at radius 1 is 1.08 bits per heavy atom. The number of benzene rings is 2. The Bertz CT molecular complexity index is 752. The lowest BCUT2D eigenvalue weighted by Gasteiger charge is -2.26. The Balaban J connectivity index is 2.19. The maximum atomic E-state index is 13.0. The Labute approximate surface area is 135 Å². The van der Waals surface area contributed by atoms with Gasteiger partial charge in [-0.05, 0) is 55.3 Å². The number of aryl methyl sites for hydroxylation is 1. The van der Waals surface area contributed by atoms with E-state index in [1.165, 1.54) is 24.3 Å². The molecule has 0 spiro atoms. The zero-order chi connectivity index (χ0) is 18.1. The third-order valence-electron chi connectivity index (χ3n) is 3.69. The molecule has 0 aromatic heterocycles. The molecule has 3 nitrogen and oxygen atoms in total. The zero-order valence-corrected chi connectivity index (χ0v) is 12.9. The van der Waals surface area contributed by atoms with Gasteiger partial charge in [-0.1, -0.05) is 12.1 Å². The van der Waals surface area contributed by atoms with Crippen LogP contribution in [0.3, 0.4) is 0 Å². The first kappa shape index (κ1) is 17.9. The van der Waals surface area contributed by atoms with Crippen molar-refractivity contribution in [2.45, 2.75) is 25.6 Å². The van der Waals surface area contributed by atoms with Gasteiger partial charge < -0.3 is 10.4 Å². The minimum atomic E-state index is -4.82. The molecule has 1 atom stereocenters. The van der Waals surface area contributed by atoms with E-state index in [0.29, 0.717) is 12.5 Å². The maximum absolute atomic E-state index is 13.0. The van der Waals surface area contributed by atoms with E-state index >= 15 is 0 Å². The summed E-state index contributed by atoms with van der Waals surface area (Å²) in [5.41, 5.74) is -2.38.